The molecule has 12 heteroatoms. The van der Waals surface area contributed by atoms with Gasteiger partial charge in [0.05, 0.1) is 0 Å². The first-order valence-electron chi connectivity index (χ1n) is 5.20. The number of nitrogens with zero attached hydrogens (tertiary/aromatic N) is 1. The molecular weight excluding hydrogens is 319 g/mol. The van der Waals surface area contributed by atoms with Crippen LogP contribution in [0.2, 0.25) is 0 Å². The molecule has 0 aromatic rings. The fourth-order valence-electron chi connectivity index (χ4n) is 0.565. The fraction of sp³-hybridized carbons (Fsp3) is 1.00. The van der Waals surface area contributed by atoms with Crippen LogP contribution in [-0.2, 0) is 13.6 Å². The second kappa shape index (κ2) is 9.56. The minimum Gasteiger partial charge on any atom is -0.756 e. The third-order valence-electron chi connectivity index (χ3n) is 1.22. The normalized spacial score (nSPS) is 12.8. The summed E-state index contributed by atoms with van der Waals surface area (Å²) in [6.45, 7) is 1.57. The van der Waals surface area contributed by atoms with Gasteiger partial charge < -0.3 is 19.3 Å². The molecule has 0 fully saturated rings. The van der Waals surface area contributed by atoms with E-state index >= 15 is 0 Å². The summed E-state index contributed by atoms with van der Waals surface area (Å²) in [6, 6.07) is 0. The van der Waals surface area contributed by atoms with Crippen LogP contribution in [-0.4, -0.2) is 38.7 Å². The van der Waals surface area contributed by atoms with E-state index in [0.717, 1.165) is 13.1 Å². The molecule has 0 radical (unpaired) electrons. The molecule has 0 unspecified atom stereocenters. The molecule has 0 aliphatic rings. The predicted octanol–water partition coefficient (Wildman–Crippen LogP) is 3.01. The summed E-state index contributed by atoms with van der Waals surface area (Å²) in [5, 5.41) is 3.97. The van der Waals surface area contributed by atoms with Crippen LogP contribution in [0.4, 0.5) is 26.3 Å². The number of alkyl halides is 6. The second-order valence-corrected chi connectivity index (χ2v) is 4.49. The predicted molar refractivity (Wildman–Crippen MR) is 56.1 cm³/mol. The van der Waals surface area contributed by atoms with Gasteiger partial charge in [0, 0.05) is 0 Å². The lowest BCUT2D eigenvalue weighted by Gasteiger charge is -2.23. The number of hydrogen-bond acceptors (Lipinski definition) is 4. The van der Waals surface area contributed by atoms with Crippen LogP contribution >= 0.6 is 7.82 Å². The Morgan fingerprint density at radius 1 is 0.950 bits per heavy atom. The van der Waals surface area contributed by atoms with Crippen molar-refractivity contribution in [2.75, 3.05) is 26.3 Å². The van der Waals surface area contributed by atoms with E-state index in [-0.39, 0.29) is 0 Å². The molecule has 124 valence electrons. The van der Waals surface area contributed by atoms with Gasteiger partial charge in [0.1, 0.15) is 0 Å². The molecule has 0 bridgehead atoms. The second-order valence-electron chi connectivity index (χ2n) is 3.08. The van der Waals surface area contributed by atoms with Crippen LogP contribution in [0.25, 0.3) is 5.32 Å². The fourth-order valence-corrected chi connectivity index (χ4v) is 1.25. The number of hydrogen-bond donors (Lipinski definition) is 0. The minimum absolute atomic E-state index is 0.969. The maximum atomic E-state index is 11.4. The first-order chi connectivity index (χ1) is 8.83. The molecule has 20 heavy (non-hydrogen) atoms. The molecule has 0 saturated heterocycles. The molecule has 0 amide bonds. The lowest BCUT2D eigenvalue weighted by atomic mass is 10.7. The summed E-state index contributed by atoms with van der Waals surface area (Å²) < 4.78 is 85.0. The summed E-state index contributed by atoms with van der Waals surface area (Å²) in [4.78, 5) is 10.3. The van der Waals surface area contributed by atoms with Crippen molar-refractivity contribution in [1.82, 2.24) is 0 Å². The van der Waals surface area contributed by atoms with Crippen LogP contribution in [0.5, 0.6) is 0 Å². The molecule has 0 heterocycles. The lowest BCUT2D eigenvalue weighted by molar-refractivity contribution is -0.251. The van der Waals surface area contributed by atoms with Gasteiger partial charge >= 0.3 is 12.4 Å². The van der Waals surface area contributed by atoms with Crippen molar-refractivity contribution in [3.63, 3.8) is 0 Å². The van der Waals surface area contributed by atoms with Crippen LogP contribution in [0.15, 0.2) is 0 Å². The molecule has 5 nitrogen and oxygen atoms in total. The van der Waals surface area contributed by atoms with E-state index < -0.39 is 33.4 Å². The molecular formula is C8H14F6NO4P-2. The van der Waals surface area contributed by atoms with Crippen LogP contribution < -0.4 is 4.89 Å². The van der Waals surface area contributed by atoms with Gasteiger partial charge in [0.25, 0.3) is 7.82 Å². The maximum Gasteiger partial charge on any atom is 0.412 e. The van der Waals surface area contributed by atoms with E-state index in [1.54, 1.807) is 0 Å². The summed E-state index contributed by atoms with van der Waals surface area (Å²) >= 11 is 0. The third-order valence-corrected chi connectivity index (χ3v) is 2.11. The van der Waals surface area contributed by atoms with Crippen molar-refractivity contribution in [3.05, 3.63) is 5.32 Å². The van der Waals surface area contributed by atoms with E-state index in [4.69, 9.17) is 0 Å². The largest absolute Gasteiger partial charge is 0.756 e. The topological polar surface area (TPSA) is 72.7 Å². The van der Waals surface area contributed by atoms with Gasteiger partial charge in [-0.1, -0.05) is 13.8 Å². The lowest BCUT2D eigenvalue weighted by Crippen LogP contribution is -2.23. The summed E-state index contributed by atoms with van der Waals surface area (Å²) in [5.41, 5.74) is 0. The summed E-state index contributed by atoms with van der Waals surface area (Å²) in [5.74, 6) is 0. The summed E-state index contributed by atoms with van der Waals surface area (Å²) in [7, 11) is -5.58. The highest BCUT2D eigenvalue weighted by Crippen LogP contribution is 2.41. The Bertz CT molecular complexity index is 272. The highest BCUT2D eigenvalue weighted by molar-refractivity contribution is 7.45. The van der Waals surface area contributed by atoms with E-state index in [1.165, 1.54) is 0 Å². The molecule has 0 aliphatic heterocycles. The number of rotatable bonds is 6. The van der Waals surface area contributed by atoms with Gasteiger partial charge in [-0.2, -0.15) is 39.4 Å². The average molecular weight is 333 g/mol. The van der Waals surface area contributed by atoms with Crippen molar-refractivity contribution in [2.24, 2.45) is 0 Å². The van der Waals surface area contributed by atoms with Crippen molar-refractivity contribution < 1.29 is 44.8 Å². The molecule has 0 rings (SSSR count). The molecule has 0 spiro atoms. The quantitative estimate of drug-likeness (QED) is 0.553. The van der Waals surface area contributed by atoms with Crippen molar-refractivity contribution in [1.29, 1.82) is 0 Å². The molecule has 0 aromatic carbocycles. The first-order valence-corrected chi connectivity index (χ1v) is 6.66. The zero-order valence-corrected chi connectivity index (χ0v) is 11.5. The standard InChI is InChI=1S/C4H5F6O4P.C4H10N/c5-3(6,7)1-13-15(11,12)14-2-4(8,9)10;1-3-5-4-2/h1-2H2,(H,11,12);3-4H2,1-2H3/q;-1/p-1. The van der Waals surface area contributed by atoms with Crippen LogP contribution in [0.1, 0.15) is 13.8 Å². The molecule has 0 aromatic heterocycles. The van der Waals surface area contributed by atoms with E-state index in [9.17, 15) is 35.8 Å². The zero-order valence-electron chi connectivity index (χ0n) is 10.6. The molecule has 0 saturated carbocycles. The van der Waals surface area contributed by atoms with Gasteiger partial charge in [-0.3, -0.25) is 4.57 Å². The Hall–Kier alpha value is -0.350. The Labute approximate surface area is 111 Å². The van der Waals surface area contributed by atoms with Gasteiger partial charge in [-0.05, 0) is 0 Å². The van der Waals surface area contributed by atoms with Gasteiger partial charge in [0.2, 0.25) is 0 Å². The van der Waals surface area contributed by atoms with Crippen molar-refractivity contribution in [2.45, 2.75) is 26.2 Å². The molecule has 0 aliphatic carbocycles. The highest BCUT2D eigenvalue weighted by Gasteiger charge is 2.33. The third kappa shape index (κ3) is 20.0. The summed E-state index contributed by atoms with van der Waals surface area (Å²) in [6.07, 6.45) is -9.94. The molecule has 0 atom stereocenters. The Morgan fingerprint density at radius 2 is 1.25 bits per heavy atom. The van der Waals surface area contributed by atoms with Crippen molar-refractivity contribution in [3.8, 4) is 0 Å². The highest BCUT2D eigenvalue weighted by atomic mass is 31.2. The SMILES string of the molecule is CC[N-]CC.O=P([O-])(OCC(F)(F)F)OCC(F)(F)F. The van der Waals surface area contributed by atoms with Gasteiger partial charge in [-0.15, -0.1) is 0 Å². The van der Waals surface area contributed by atoms with Crippen LogP contribution in [0.3, 0.4) is 0 Å². The number of phosphoric ester groups is 1. The minimum atomic E-state index is -5.58. The van der Waals surface area contributed by atoms with E-state index in [0.29, 0.717) is 0 Å². The average Bonchev–Trinajstić information content (AvgIpc) is 2.25. The van der Waals surface area contributed by atoms with E-state index in [1.807, 2.05) is 13.8 Å². The Balaban J connectivity index is 0. The Kier molecular flexibility index (Phi) is 10.5. The monoisotopic (exact) mass is 333 g/mol. The number of phosphoric acid groups is 1. The van der Waals surface area contributed by atoms with E-state index in [2.05, 4.69) is 14.4 Å². The Morgan fingerprint density at radius 3 is 1.40 bits per heavy atom. The van der Waals surface area contributed by atoms with Crippen molar-refractivity contribution >= 4 is 7.82 Å². The first kappa shape index (κ1) is 21.9. The zero-order chi connectivity index (χ0) is 16.4. The van der Waals surface area contributed by atoms with Gasteiger partial charge in [-0.25, -0.2) is 0 Å². The maximum absolute atomic E-state index is 11.4. The molecule has 0 N–H and O–H groups in total. The van der Waals surface area contributed by atoms with Gasteiger partial charge in [0.15, 0.2) is 13.2 Å². The number of halogens is 6. The van der Waals surface area contributed by atoms with Crippen LogP contribution in [0, 0.1) is 0 Å². The smallest absolute Gasteiger partial charge is 0.412 e.